The van der Waals surface area contributed by atoms with Gasteiger partial charge in [0.15, 0.2) is 0 Å². The second-order valence-corrected chi connectivity index (χ2v) is 7.08. The summed E-state index contributed by atoms with van der Waals surface area (Å²) in [7, 11) is -0.810. The van der Waals surface area contributed by atoms with E-state index in [1.54, 1.807) is 6.26 Å². The molecule has 3 unspecified atom stereocenters. The summed E-state index contributed by atoms with van der Waals surface area (Å²) >= 11 is 0. The van der Waals surface area contributed by atoms with Crippen LogP contribution in [0.2, 0.25) is 0 Å². The molecule has 1 saturated carbocycles. The van der Waals surface area contributed by atoms with E-state index in [4.69, 9.17) is 4.74 Å². The Labute approximate surface area is 107 Å². The highest BCUT2D eigenvalue weighted by Crippen LogP contribution is 2.38. The molecule has 0 bridgehead atoms. The van der Waals surface area contributed by atoms with Gasteiger partial charge in [0.1, 0.15) is 0 Å². The van der Waals surface area contributed by atoms with Gasteiger partial charge in [0, 0.05) is 22.8 Å². The number of hydrogen-bond donors (Lipinski definition) is 1. The number of ether oxygens (including phenoxy) is 1. The summed E-state index contributed by atoms with van der Waals surface area (Å²) in [6, 6.07) is 0. The summed E-state index contributed by atoms with van der Waals surface area (Å²) in [5, 5.41) is 10.7. The quantitative estimate of drug-likeness (QED) is 0.744. The van der Waals surface area contributed by atoms with Crippen LogP contribution in [0, 0.1) is 11.8 Å². The highest BCUT2D eigenvalue weighted by Gasteiger charge is 2.40. The lowest BCUT2D eigenvalue weighted by Gasteiger charge is -2.42. The molecule has 4 heteroatoms. The maximum absolute atomic E-state index is 10.9. The van der Waals surface area contributed by atoms with E-state index in [1.807, 2.05) is 0 Å². The van der Waals surface area contributed by atoms with Crippen LogP contribution in [-0.4, -0.2) is 40.1 Å². The molecule has 0 heterocycles. The van der Waals surface area contributed by atoms with Crippen molar-refractivity contribution >= 4 is 10.8 Å². The van der Waals surface area contributed by atoms with Crippen LogP contribution in [-0.2, 0) is 15.5 Å². The lowest BCUT2D eigenvalue weighted by molar-refractivity contribution is -0.115. The molecule has 3 nitrogen and oxygen atoms in total. The molecule has 1 fully saturated rings. The first-order chi connectivity index (χ1) is 7.96. The molecule has 0 saturated heterocycles. The fraction of sp³-hybridized carbons (Fsp3) is 1.00. The van der Waals surface area contributed by atoms with Crippen molar-refractivity contribution in [2.45, 2.75) is 45.1 Å². The minimum Gasteiger partial charge on any atom is -0.387 e. The Balaban J connectivity index is 2.43. The van der Waals surface area contributed by atoms with Gasteiger partial charge in [-0.05, 0) is 24.7 Å². The fourth-order valence-electron chi connectivity index (χ4n) is 2.81. The van der Waals surface area contributed by atoms with E-state index in [1.165, 1.54) is 6.42 Å². The second kappa shape index (κ2) is 6.86. The van der Waals surface area contributed by atoms with E-state index < -0.39 is 16.4 Å². The normalized spacial score (nSPS) is 31.7. The Kier molecular flexibility index (Phi) is 6.10. The summed E-state index contributed by atoms with van der Waals surface area (Å²) in [4.78, 5) is 0. The topological polar surface area (TPSA) is 46.5 Å². The molecule has 17 heavy (non-hydrogen) atoms. The molecule has 1 rings (SSSR count). The summed E-state index contributed by atoms with van der Waals surface area (Å²) in [5.74, 6) is 1.38. The van der Waals surface area contributed by atoms with Gasteiger partial charge in [-0.2, -0.15) is 0 Å². The van der Waals surface area contributed by atoms with Gasteiger partial charge in [-0.25, -0.2) is 0 Å². The third kappa shape index (κ3) is 4.68. The van der Waals surface area contributed by atoms with Gasteiger partial charge in [-0.1, -0.05) is 26.7 Å². The van der Waals surface area contributed by atoms with Gasteiger partial charge in [-0.3, -0.25) is 4.21 Å². The van der Waals surface area contributed by atoms with E-state index >= 15 is 0 Å². The average Bonchev–Trinajstić information content (AvgIpc) is 2.24. The van der Waals surface area contributed by atoms with Crippen molar-refractivity contribution in [2.24, 2.45) is 11.8 Å². The van der Waals surface area contributed by atoms with Gasteiger partial charge >= 0.3 is 0 Å². The molecule has 1 N–H and O–H groups in total. The van der Waals surface area contributed by atoms with E-state index in [9.17, 15) is 9.32 Å². The summed E-state index contributed by atoms with van der Waals surface area (Å²) in [6.45, 7) is 5.22. The van der Waals surface area contributed by atoms with Gasteiger partial charge in [-0.15, -0.1) is 0 Å². The first-order valence-electron chi connectivity index (χ1n) is 6.56. The van der Waals surface area contributed by atoms with Gasteiger partial charge in [0.05, 0.1) is 18.8 Å². The summed E-state index contributed by atoms with van der Waals surface area (Å²) in [5.41, 5.74) is -0.665. The van der Waals surface area contributed by atoms with Gasteiger partial charge in [0.25, 0.3) is 0 Å². The van der Waals surface area contributed by atoms with E-state index in [0.717, 1.165) is 19.3 Å². The lowest BCUT2D eigenvalue weighted by atomic mass is 9.70. The lowest BCUT2D eigenvalue weighted by Crippen LogP contribution is -2.47. The molecule has 0 aromatic rings. The first-order valence-corrected chi connectivity index (χ1v) is 8.28. The fourth-order valence-corrected chi connectivity index (χ4v) is 3.16. The number of aliphatic hydroxyl groups is 1. The molecule has 0 aromatic carbocycles. The number of hydrogen-bond acceptors (Lipinski definition) is 3. The Morgan fingerprint density at radius 2 is 2.18 bits per heavy atom. The number of rotatable bonds is 6. The monoisotopic (exact) mass is 262 g/mol. The predicted molar refractivity (Wildman–Crippen MR) is 71.5 cm³/mol. The molecular weight excluding hydrogens is 236 g/mol. The molecule has 0 aliphatic heterocycles. The standard InChI is InChI=1S/C13H26O3S/c1-11(2)12-6-4-5-7-13(12,14)10-16-8-9-17(3)15/h11-12,14H,4-10H2,1-3H3. The highest BCUT2D eigenvalue weighted by atomic mass is 32.2. The molecule has 0 amide bonds. The van der Waals surface area contributed by atoms with E-state index in [0.29, 0.717) is 30.8 Å². The van der Waals surface area contributed by atoms with Crippen molar-refractivity contribution in [1.29, 1.82) is 0 Å². The van der Waals surface area contributed by atoms with Crippen molar-refractivity contribution in [2.75, 3.05) is 25.2 Å². The summed E-state index contributed by atoms with van der Waals surface area (Å²) in [6.07, 6.45) is 5.91. The van der Waals surface area contributed by atoms with Gasteiger partial charge in [0.2, 0.25) is 0 Å². The van der Waals surface area contributed by atoms with E-state index in [-0.39, 0.29) is 0 Å². The molecule has 1 aliphatic rings. The second-order valence-electron chi connectivity index (χ2n) is 5.53. The maximum Gasteiger partial charge on any atom is 0.0910 e. The zero-order valence-electron chi connectivity index (χ0n) is 11.3. The van der Waals surface area contributed by atoms with Crippen LogP contribution >= 0.6 is 0 Å². The van der Waals surface area contributed by atoms with Crippen LogP contribution in [0.15, 0.2) is 0 Å². The zero-order chi connectivity index (χ0) is 12.9. The molecule has 0 radical (unpaired) electrons. The summed E-state index contributed by atoms with van der Waals surface area (Å²) < 4.78 is 16.4. The van der Waals surface area contributed by atoms with Crippen molar-refractivity contribution in [1.82, 2.24) is 0 Å². The van der Waals surface area contributed by atoms with Crippen LogP contribution in [0.4, 0.5) is 0 Å². The molecular formula is C13H26O3S. The largest absolute Gasteiger partial charge is 0.387 e. The van der Waals surface area contributed by atoms with Crippen LogP contribution in [0.5, 0.6) is 0 Å². The van der Waals surface area contributed by atoms with Crippen molar-refractivity contribution in [3.8, 4) is 0 Å². The molecule has 0 spiro atoms. The van der Waals surface area contributed by atoms with Crippen LogP contribution < -0.4 is 0 Å². The SMILES string of the molecule is CC(C)C1CCCCC1(O)COCCS(C)=O. The van der Waals surface area contributed by atoms with Crippen LogP contribution in [0.25, 0.3) is 0 Å². The Morgan fingerprint density at radius 1 is 1.47 bits per heavy atom. The molecule has 0 aromatic heterocycles. The van der Waals surface area contributed by atoms with Crippen molar-refractivity contribution < 1.29 is 14.1 Å². The van der Waals surface area contributed by atoms with Crippen molar-refractivity contribution in [3.63, 3.8) is 0 Å². The Bertz CT molecular complexity index is 255. The first kappa shape index (κ1) is 15.1. The van der Waals surface area contributed by atoms with E-state index in [2.05, 4.69) is 13.8 Å². The highest BCUT2D eigenvalue weighted by molar-refractivity contribution is 7.84. The maximum atomic E-state index is 10.9. The molecule has 3 atom stereocenters. The predicted octanol–water partition coefficient (Wildman–Crippen LogP) is 1.96. The molecule has 102 valence electrons. The minimum absolute atomic E-state index is 0.336. The van der Waals surface area contributed by atoms with Crippen molar-refractivity contribution in [3.05, 3.63) is 0 Å². The Hall–Kier alpha value is 0.0700. The van der Waals surface area contributed by atoms with Crippen LogP contribution in [0.3, 0.4) is 0 Å². The van der Waals surface area contributed by atoms with Gasteiger partial charge < -0.3 is 9.84 Å². The smallest absolute Gasteiger partial charge is 0.0910 e. The average molecular weight is 262 g/mol. The molecule has 1 aliphatic carbocycles. The Morgan fingerprint density at radius 3 is 2.76 bits per heavy atom. The van der Waals surface area contributed by atoms with Crippen LogP contribution in [0.1, 0.15) is 39.5 Å². The third-order valence-electron chi connectivity index (χ3n) is 3.74. The minimum atomic E-state index is -0.810. The third-order valence-corrected chi connectivity index (χ3v) is 4.48. The zero-order valence-corrected chi connectivity index (χ0v) is 12.1.